The average molecular weight is 307 g/mol. The molecule has 0 aliphatic carbocycles. The van der Waals surface area contributed by atoms with Crippen LogP contribution >= 0.6 is 0 Å². The number of aryl methyl sites for hydroxylation is 2. The number of nitrogen functional groups attached to an aromatic ring is 1. The number of carbonyl (C=O) groups excluding carboxylic acids is 1. The first-order chi connectivity index (χ1) is 9.68. The second-order valence-corrected chi connectivity index (χ2v) is 6.99. The zero-order valence-corrected chi connectivity index (χ0v) is 12.9. The van der Waals surface area contributed by atoms with Crippen LogP contribution in [0.4, 0.5) is 11.4 Å². The predicted octanol–water partition coefficient (Wildman–Crippen LogP) is 1.57. The van der Waals surface area contributed by atoms with Gasteiger partial charge in [0.05, 0.1) is 10.6 Å². The van der Waals surface area contributed by atoms with Crippen molar-refractivity contribution in [3.05, 3.63) is 41.7 Å². The van der Waals surface area contributed by atoms with E-state index in [1.54, 1.807) is 36.9 Å². The summed E-state index contributed by atoms with van der Waals surface area (Å²) in [6.07, 6.45) is 2.76. The fraction of sp³-hybridized carbons (Fsp3) is 0.214. The minimum absolute atomic E-state index is 0.162. The van der Waals surface area contributed by atoms with Crippen molar-refractivity contribution < 1.29 is 13.2 Å². The van der Waals surface area contributed by atoms with Gasteiger partial charge in [0, 0.05) is 25.2 Å². The number of nitrogens with one attached hydrogen (secondary N) is 1. The first kappa shape index (κ1) is 15.1. The molecule has 6 nitrogen and oxygen atoms in total. The number of hydrogen-bond donors (Lipinski definition) is 2. The van der Waals surface area contributed by atoms with E-state index in [4.69, 9.17) is 5.73 Å². The molecular weight excluding hydrogens is 290 g/mol. The summed E-state index contributed by atoms with van der Waals surface area (Å²) in [4.78, 5) is 12.4. The number of rotatable bonds is 3. The van der Waals surface area contributed by atoms with Crippen molar-refractivity contribution in [2.24, 2.45) is 7.05 Å². The average Bonchev–Trinajstić information content (AvgIpc) is 2.70. The first-order valence-electron chi connectivity index (χ1n) is 6.22. The maximum Gasteiger partial charge on any atom is 0.272 e. The summed E-state index contributed by atoms with van der Waals surface area (Å²) in [6.45, 7) is 1.79. The third-order valence-corrected chi connectivity index (χ3v) is 4.25. The number of benzene rings is 1. The Morgan fingerprint density at radius 1 is 1.29 bits per heavy atom. The van der Waals surface area contributed by atoms with E-state index in [0.29, 0.717) is 17.1 Å². The first-order valence-corrected chi connectivity index (χ1v) is 8.11. The van der Waals surface area contributed by atoms with Crippen molar-refractivity contribution in [1.29, 1.82) is 0 Å². The molecule has 21 heavy (non-hydrogen) atoms. The number of amides is 1. The lowest BCUT2D eigenvalue weighted by Crippen LogP contribution is -2.16. The number of aromatic nitrogens is 1. The maximum absolute atomic E-state index is 12.2. The smallest absolute Gasteiger partial charge is 0.272 e. The summed E-state index contributed by atoms with van der Waals surface area (Å²) in [7, 11) is -1.61. The summed E-state index contributed by atoms with van der Waals surface area (Å²) >= 11 is 0. The van der Waals surface area contributed by atoms with Gasteiger partial charge in [-0.2, -0.15) is 0 Å². The number of anilines is 2. The predicted molar refractivity (Wildman–Crippen MR) is 82.1 cm³/mol. The molecule has 0 radical (unpaired) electrons. The molecular formula is C14H17N3O3S. The van der Waals surface area contributed by atoms with Gasteiger partial charge in [0.25, 0.3) is 5.91 Å². The van der Waals surface area contributed by atoms with Gasteiger partial charge in [-0.1, -0.05) is 6.07 Å². The van der Waals surface area contributed by atoms with Gasteiger partial charge in [-0.3, -0.25) is 4.79 Å². The van der Waals surface area contributed by atoms with E-state index in [9.17, 15) is 13.2 Å². The lowest BCUT2D eigenvalue weighted by atomic mass is 10.2. The second-order valence-electron chi connectivity index (χ2n) is 4.97. The normalized spacial score (nSPS) is 11.4. The van der Waals surface area contributed by atoms with Gasteiger partial charge in [-0.25, -0.2) is 8.42 Å². The molecule has 0 fully saturated rings. The molecule has 0 saturated heterocycles. The summed E-state index contributed by atoms with van der Waals surface area (Å²) in [5, 5.41) is 2.71. The number of sulfone groups is 1. The van der Waals surface area contributed by atoms with Crippen molar-refractivity contribution >= 4 is 27.1 Å². The van der Waals surface area contributed by atoms with E-state index in [2.05, 4.69) is 5.32 Å². The highest BCUT2D eigenvalue weighted by Crippen LogP contribution is 2.21. The Hall–Kier alpha value is -2.28. The molecule has 7 heteroatoms. The Balaban J connectivity index is 2.35. The summed E-state index contributed by atoms with van der Waals surface area (Å²) < 4.78 is 24.8. The molecule has 1 amide bonds. The zero-order valence-electron chi connectivity index (χ0n) is 12.0. The molecule has 0 aliphatic rings. The van der Waals surface area contributed by atoms with Crippen molar-refractivity contribution in [3.63, 3.8) is 0 Å². The molecule has 1 heterocycles. The number of hydrogen-bond acceptors (Lipinski definition) is 4. The van der Waals surface area contributed by atoms with Gasteiger partial charge >= 0.3 is 0 Å². The number of nitrogens with zero attached hydrogens (tertiary/aromatic N) is 1. The van der Waals surface area contributed by atoms with Crippen LogP contribution in [0.25, 0.3) is 0 Å². The summed E-state index contributed by atoms with van der Waals surface area (Å²) in [6, 6.07) is 6.19. The minimum atomic E-state index is -3.32. The van der Waals surface area contributed by atoms with Crippen LogP contribution in [0.5, 0.6) is 0 Å². The Kier molecular flexibility index (Phi) is 3.78. The van der Waals surface area contributed by atoms with Gasteiger partial charge in [0.1, 0.15) is 5.69 Å². The van der Waals surface area contributed by atoms with E-state index in [0.717, 1.165) is 11.8 Å². The van der Waals surface area contributed by atoms with Crippen molar-refractivity contribution in [2.75, 3.05) is 17.3 Å². The van der Waals surface area contributed by atoms with Crippen molar-refractivity contribution in [1.82, 2.24) is 4.57 Å². The molecule has 1 aromatic carbocycles. The maximum atomic E-state index is 12.2. The Morgan fingerprint density at radius 3 is 2.48 bits per heavy atom. The van der Waals surface area contributed by atoms with Crippen LogP contribution in [0, 0.1) is 6.92 Å². The SMILES string of the molecule is Cc1ccc(S(C)(=O)=O)cc1NC(=O)c1cc(N)cn1C. The Morgan fingerprint density at radius 2 is 1.95 bits per heavy atom. The molecule has 2 aromatic rings. The molecule has 0 atom stereocenters. The van der Waals surface area contributed by atoms with Gasteiger partial charge in [-0.05, 0) is 30.7 Å². The van der Waals surface area contributed by atoms with Crippen molar-refractivity contribution in [3.8, 4) is 0 Å². The van der Waals surface area contributed by atoms with E-state index in [1.807, 2.05) is 0 Å². The lowest BCUT2D eigenvalue weighted by Gasteiger charge is -2.10. The quantitative estimate of drug-likeness (QED) is 0.900. The lowest BCUT2D eigenvalue weighted by molar-refractivity contribution is 0.101. The third-order valence-electron chi connectivity index (χ3n) is 3.14. The van der Waals surface area contributed by atoms with Crippen LogP contribution < -0.4 is 11.1 Å². The van der Waals surface area contributed by atoms with Crippen LogP contribution in [0.2, 0.25) is 0 Å². The molecule has 3 N–H and O–H groups in total. The van der Waals surface area contributed by atoms with Gasteiger partial charge in [0.15, 0.2) is 9.84 Å². The molecule has 112 valence electrons. The molecule has 0 spiro atoms. The Labute approximate surface area is 123 Å². The minimum Gasteiger partial charge on any atom is -0.397 e. The molecule has 1 aromatic heterocycles. The second kappa shape index (κ2) is 5.25. The molecule has 2 rings (SSSR count). The highest BCUT2D eigenvalue weighted by molar-refractivity contribution is 7.90. The summed E-state index contributed by atoms with van der Waals surface area (Å²) in [5.74, 6) is -0.344. The molecule has 0 saturated carbocycles. The highest BCUT2D eigenvalue weighted by Gasteiger charge is 2.14. The monoisotopic (exact) mass is 307 g/mol. The van der Waals surface area contributed by atoms with E-state index >= 15 is 0 Å². The number of nitrogens with two attached hydrogens (primary N) is 1. The van der Waals surface area contributed by atoms with Gasteiger partial charge < -0.3 is 15.6 Å². The van der Waals surface area contributed by atoms with Crippen LogP contribution in [0.1, 0.15) is 16.1 Å². The fourth-order valence-corrected chi connectivity index (χ4v) is 2.62. The molecule has 0 unspecified atom stereocenters. The van der Waals surface area contributed by atoms with E-state index in [1.165, 1.54) is 12.1 Å². The largest absolute Gasteiger partial charge is 0.397 e. The standard InChI is InChI=1S/C14H17N3O3S/c1-9-4-5-11(21(3,19)20)7-12(9)16-14(18)13-6-10(15)8-17(13)2/h4-8H,15H2,1-3H3,(H,16,18). The van der Waals surface area contributed by atoms with Crippen LogP contribution in [0.3, 0.4) is 0 Å². The third kappa shape index (κ3) is 3.25. The fourth-order valence-electron chi connectivity index (χ4n) is 1.97. The Bertz CT molecular complexity index is 807. The molecule has 0 aliphatic heterocycles. The number of carbonyl (C=O) groups is 1. The van der Waals surface area contributed by atoms with Crippen LogP contribution in [0.15, 0.2) is 35.4 Å². The zero-order chi connectivity index (χ0) is 15.8. The molecule has 0 bridgehead atoms. The van der Waals surface area contributed by atoms with Crippen LogP contribution in [-0.4, -0.2) is 25.1 Å². The van der Waals surface area contributed by atoms with E-state index < -0.39 is 9.84 Å². The summed E-state index contributed by atoms with van der Waals surface area (Å²) in [5.41, 5.74) is 7.77. The topological polar surface area (TPSA) is 94.2 Å². The van der Waals surface area contributed by atoms with Crippen molar-refractivity contribution in [2.45, 2.75) is 11.8 Å². The highest BCUT2D eigenvalue weighted by atomic mass is 32.2. The van der Waals surface area contributed by atoms with Crippen LogP contribution in [-0.2, 0) is 16.9 Å². The van der Waals surface area contributed by atoms with Gasteiger partial charge in [0.2, 0.25) is 0 Å². The van der Waals surface area contributed by atoms with E-state index in [-0.39, 0.29) is 10.8 Å². The van der Waals surface area contributed by atoms with Gasteiger partial charge in [-0.15, -0.1) is 0 Å².